The number of aliphatic hydroxyl groups is 1. The molecule has 0 aromatic rings. The molecule has 0 aromatic carbocycles. The summed E-state index contributed by atoms with van der Waals surface area (Å²) in [5, 5.41) is 8.95. The number of aliphatic hydroxyl groups excluding tert-OH is 1. The summed E-state index contributed by atoms with van der Waals surface area (Å²) < 4.78 is 34.1. The van der Waals surface area contributed by atoms with Gasteiger partial charge in [0.25, 0.3) is 0 Å². The molecule has 0 radical (unpaired) electrons. The van der Waals surface area contributed by atoms with Crippen LogP contribution >= 0.6 is 0 Å². The van der Waals surface area contributed by atoms with Crippen molar-refractivity contribution in [3.8, 4) is 0 Å². The Labute approximate surface area is 124 Å². The molecule has 2 unspecified atom stereocenters. The lowest BCUT2D eigenvalue weighted by atomic mass is 9.93. The molecule has 20 heavy (non-hydrogen) atoms. The van der Waals surface area contributed by atoms with Crippen LogP contribution in [-0.4, -0.2) is 29.2 Å². The summed E-state index contributed by atoms with van der Waals surface area (Å²) >= 11 is 0. The molecule has 0 spiro atoms. The molecule has 0 saturated heterocycles. The van der Waals surface area contributed by atoms with E-state index in [1.165, 1.54) is 51.4 Å². The predicted octanol–water partition coefficient (Wildman–Crippen LogP) is 3.05. The monoisotopic (exact) mass is 310 g/mol. The minimum Gasteiger partial charge on any atom is -0.759 e. The van der Waals surface area contributed by atoms with Gasteiger partial charge in [0.15, 0.2) is 0 Å². The zero-order chi connectivity index (χ0) is 16.0. The minimum atomic E-state index is -5.17. The van der Waals surface area contributed by atoms with Gasteiger partial charge in [-0.05, 0) is 18.3 Å². The van der Waals surface area contributed by atoms with Crippen molar-refractivity contribution in [2.45, 2.75) is 72.1 Å². The normalized spacial score (nSPS) is 14.3. The molecular weight excluding hydrogens is 280 g/mol. The highest BCUT2D eigenvalue weighted by atomic mass is 32.3. The first-order chi connectivity index (χ1) is 9.20. The van der Waals surface area contributed by atoms with Gasteiger partial charge in [0, 0.05) is 17.0 Å². The van der Waals surface area contributed by atoms with Gasteiger partial charge in [-0.25, -0.2) is 0 Å². The van der Waals surface area contributed by atoms with Gasteiger partial charge in [-0.1, -0.05) is 65.7 Å². The molecule has 0 aliphatic carbocycles. The summed E-state index contributed by atoms with van der Waals surface area (Å²) in [7, 11) is -5.17. The van der Waals surface area contributed by atoms with Gasteiger partial charge in [-0.15, -0.1) is 0 Å². The quantitative estimate of drug-likeness (QED) is 0.379. The van der Waals surface area contributed by atoms with Crippen molar-refractivity contribution in [2.24, 2.45) is 11.8 Å². The molecule has 0 amide bonds. The molecule has 0 aromatic heterocycles. The predicted molar refractivity (Wildman–Crippen MR) is 78.5 cm³/mol. The van der Waals surface area contributed by atoms with Crippen molar-refractivity contribution in [1.82, 2.24) is 0 Å². The van der Waals surface area contributed by atoms with Gasteiger partial charge < -0.3 is 14.2 Å². The average molecular weight is 310 g/mol. The van der Waals surface area contributed by atoms with Crippen molar-refractivity contribution in [2.75, 3.05) is 6.61 Å². The Balaban J connectivity index is 0. The smallest absolute Gasteiger partial charge is 0.0456 e. The maximum Gasteiger partial charge on any atom is 0.0456 e. The number of rotatable bonds is 10. The van der Waals surface area contributed by atoms with Crippen LogP contribution in [0.2, 0.25) is 0 Å². The highest BCUT2D eigenvalue weighted by Gasteiger charge is 2.07. The van der Waals surface area contributed by atoms with Crippen LogP contribution in [0, 0.1) is 11.8 Å². The molecular formula is C14H30O5S-2. The number of hydrogen-bond donors (Lipinski definition) is 1. The van der Waals surface area contributed by atoms with Crippen LogP contribution in [0.15, 0.2) is 0 Å². The Hall–Kier alpha value is -0.170. The summed E-state index contributed by atoms with van der Waals surface area (Å²) in [5.41, 5.74) is 0. The lowest BCUT2D eigenvalue weighted by Gasteiger charge is -2.14. The van der Waals surface area contributed by atoms with E-state index in [0.29, 0.717) is 12.5 Å². The van der Waals surface area contributed by atoms with Gasteiger partial charge in [0.05, 0.1) is 0 Å². The number of unbranched alkanes of at least 4 members (excludes halogenated alkanes) is 5. The third-order valence-electron chi connectivity index (χ3n) is 3.17. The first-order valence-electron chi connectivity index (χ1n) is 7.48. The second kappa shape index (κ2) is 13.8. The maximum absolute atomic E-state index is 8.95. The van der Waals surface area contributed by atoms with E-state index in [1.807, 2.05) is 0 Å². The Morgan fingerprint density at radius 3 is 1.85 bits per heavy atom. The van der Waals surface area contributed by atoms with Crippen LogP contribution in [0.5, 0.6) is 0 Å². The van der Waals surface area contributed by atoms with Gasteiger partial charge >= 0.3 is 0 Å². The molecule has 0 bridgehead atoms. The highest BCUT2D eigenvalue weighted by Crippen LogP contribution is 2.18. The minimum absolute atomic E-state index is 0.348. The summed E-state index contributed by atoms with van der Waals surface area (Å²) in [6, 6.07) is 0. The molecule has 0 rings (SSSR count). The summed E-state index contributed by atoms with van der Waals surface area (Å²) in [6.07, 6.45) is 10.9. The average Bonchev–Trinajstić information content (AvgIpc) is 2.31. The molecule has 124 valence electrons. The van der Waals surface area contributed by atoms with E-state index < -0.39 is 10.4 Å². The summed E-state index contributed by atoms with van der Waals surface area (Å²) in [5.74, 6) is 1.28. The molecule has 2 atom stereocenters. The van der Waals surface area contributed by atoms with E-state index in [-0.39, 0.29) is 0 Å². The molecule has 0 aliphatic heterocycles. The molecule has 0 aliphatic rings. The number of hydrogen-bond acceptors (Lipinski definition) is 5. The van der Waals surface area contributed by atoms with Crippen LogP contribution in [0.3, 0.4) is 0 Å². The second-order valence-corrected chi connectivity index (χ2v) is 6.41. The SMILES string of the molecule is CCCCCCCCC(C)CC(C)CO.O=S(=O)([O-])[O-]. The van der Waals surface area contributed by atoms with Crippen molar-refractivity contribution in [3.63, 3.8) is 0 Å². The third-order valence-corrected chi connectivity index (χ3v) is 3.17. The third kappa shape index (κ3) is 26.4. The van der Waals surface area contributed by atoms with Crippen LogP contribution < -0.4 is 0 Å². The van der Waals surface area contributed by atoms with Gasteiger partial charge in [-0.3, -0.25) is 8.42 Å². The Bertz CT molecular complexity index is 282. The largest absolute Gasteiger partial charge is 0.759 e. The van der Waals surface area contributed by atoms with E-state index in [4.69, 9.17) is 22.6 Å². The van der Waals surface area contributed by atoms with Gasteiger partial charge in [0.1, 0.15) is 0 Å². The maximum atomic E-state index is 8.95. The molecule has 0 heterocycles. The van der Waals surface area contributed by atoms with E-state index in [2.05, 4.69) is 20.8 Å². The van der Waals surface area contributed by atoms with Gasteiger partial charge in [-0.2, -0.15) is 0 Å². The zero-order valence-electron chi connectivity index (χ0n) is 13.0. The van der Waals surface area contributed by atoms with Crippen LogP contribution in [0.25, 0.3) is 0 Å². The van der Waals surface area contributed by atoms with Crippen molar-refractivity contribution >= 4 is 10.4 Å². The van der Waals surface area contributed by atoms with E-state index in [1.54, 1.807) is 0 Å². The first-order valence-corrected chi connectivity index (χ1v) is 8.81. The van der Waals surface area contributed by atoms with Crippen molar-refractivity contribution in [1.29, 1.82) is 0 Å². The molecule has 6 heteroatoms. The molecule has 5 nitrogen and oxygen atoms in total. The van der Waals surface area contributed by atoms with Crippen molar-refractivity contribution in [3.05, 3.63) is 0 Å². The fourth-order valence-electron chi connectivity index (χ4n) is 2.15. The summed E-state index contributed by atoms with van der Waals surface area (Å²) in [6.45, 7) is 7.06. The first kappa shape index (κ1) is 22.1. The van der Waals surface area contributed by atoms with Crippen LogP contribution in [0.1, 0.15) is 72.1 Å². The Kier molecular flexibility index (Phi) is 15.3. The van der Waals surface area contributed by atoms with Gasteiger partial charge in [0.2, 0.25) is 0 Å². The Morgan fingerprint density at radius 2 is 1.40 bits per heavy atom. The molecule has 0 fully saturated rings. The fourth-order valence-corrected chi connectivity index (χ4v) is 2.15. The fraction of sp³-hybridized carbons (Fsp3) is 1.00. The lowest BCUT2D eigenvalue weighted by molar-refractivity contribution is 0.212. The Morgan fingerprint density at radius 1 is 0.950 bits per heavy atom. The lowest BCUT2D eigenvalue weighted by Crippen LogP contribution is -2.06. The standard InChI is InChI=1S/C14H30O.H2O4S/c1-4-5-6-7-8-9-10-13(2)11-14(3)12-15;1-5(2,3)4/h13-15H,4-12H2,1-3H3;(H2,1,2,3,4)/p-2. The molecule has 0 saturated carbocycles. The highest BCUT2D eigenvalue weighted by molar-refractivity contribution is 7.79. The zero-order valence-corrected chi connectivity index (χ0v) is 13.8. The van der Waals surface area contributed by atoms with Crippen molar-refractivity contribution < 1.29 is 22.6 Å². The van der Waals surface area contributed by atoms with Crippen LogP contribution in [-0.2, 0) is 10.4 Å². The van der Waals surface area contributed by atoms with E-state index in [9.17, 15) is 0 Å². The molecule has 1 N–H and O–H groups in total. The topological polar surface area (TPSA) is 100 Å². The second-order valence-electron chi connectivity index (χ2n) is 5.59. The summed E-state index contributed by atoms with van der Waals surface area (Å²) in [4.78, 5) is 0. The van der Waals surface area contributed by atoms with Crippen LogP contribution in [0.4, 0.5) is 0 Å². The van der Waals surface area contributed by atoms with E-state index in [0.717, 1.165) is 5.92 Å². The van der Waals surface area contributed by atoms with E-state index >= 15 is 0 Å².